The Morgan fingerprint density at radius 1 is 1.23 bits per heavy atom. The lowest BCUT2D eigenvalue weighted by atomic mass is 9.95. The van der Waals surface area contributed by atoms with E-state index in [1.165, 1.54) is 19.3 Å². The summed E-state index contributed by atoms with van der Waals surface area (Å²) in [6.45, 7) is 7.67. The Kier molecular flexibility index (Phi) is 4.88. The van der Waals surface area contributed by atoms with Crippen LogP contribution in [-0.4, -0.2) is 43.1 Å². The monoisotopic (exact) mass is 305 g/mol. The van der Waals surface area contributed by atoms with Gasteiger partial charge in [0.15, 0.2) is 5.82 Å². The van der Waals surface area contributed by atoms with Gasteiger partial charge in [0.25, 0.3) is 0 Å². The van der Waals surface area contributed by atoms with Crippen molar-refractivity contribution in [3.63, 3.8) is 0 Å². The summed E-state index contributed by atoms with van der Waals surface area (Å²) in [5.74, 6) is 1.45. The highest BCUT2D eigenvalue weighted by Crippen LogP contribution is 2.27. The Bertz CT molecular complexity index is 530. The normalized spacial score (nSPS) is 15.6. The number of carbonyl (C=O) groups is 1. The second-order valence-corrected chi connectivity index (χ2v) is 7.05. The van der Waals surface area contributed by atoms with Crippen molar-refractivity contribution in [2.45, 2.75) is 40.0 Å². The summed E-state index contributed by atoms with van der Waals surface area (Å²) in [5.41, 5.74) is 0.209. The first-order valence-electron chi connectivity index (χ1n) is 7.90. The number of anilines is 3. The van der Waals surface area contributed by atoms with E-state index in [0.717, 1.165) is 24.9 Å². The lowest BCUT2D eigenvalue weighted by molar-refractivity contribution is -0.123. The zero-order valence-corrected chi connectivity index (χ0v) is 14.3. The van der Waals surface area contributed by atoms with E-state index in [1.54, 1.807) is 6.20 Å². The van der Waals surface area contributed by atoms with Gasteiger partial charge in [-0.1, -0.05) is 20.8 Å². The van der Waals surface area contributed by atoms with E-state index in [-0.39, 0.29) is 5.91 Å². The highest BCUT2D eigenvalue weighted by Gasteiger charge is 2.24. The molecule has 6 heteroatoms. The molecule has 2 rings (SSSR count). The average Bonchev–Trinajstić information content (AvgIpc) is 2.47. The second-order valence-electron chi connectivity index (χ2n) is 7.05. The van der Waals surface area contributed by atoms with Gasteiger partial charge in [0, 0.05) is 32.6 Å². The Balaban J connectivity index is 2.25. The van der Waals surface area contributed by atoms with Crippen molar-refractivity contribution in [1.29, 1.82) is 0 Å². The number of nitrogens with zero attached hydrogens (tertiary/aromatic N) is 4. The standard InChI is InChI=1S/C16H27N5O/c1-16(2,3)14(22)18-12-11-17-15(19-13(12)20(4)5)21-9-7-6-8-10-21/h11H,6-10H2,1-5H3,(H,18,22). The van der Waals surface area contributed by atoms with Gasteiger partial charge in [-0.15, -0.1) is 0 Å². The van der Waals surface area contributed by atoms with E-state index in [4.69, 9.17) is 0 Å². The second kappa shape index (κ2) is 6.50. The van der Waals surface area contributed by atoms with Crippen LogP contribution in [0.1, 0.15) is 40.0 Å². The maximum atomic E-state index is 12.2. The minimum absolute atomic E-state index is 0.0371. The SMILES string of the molecule is CN(C)c1nc(N2CCCCC2)ncc1NC(=O)C(C)(C)C. The van der Waals surface area contributed by atoms with Crippen molar-refractivity contribution in [3.8, 4) is 0 Å². The topological polar surface area (TPSA) is 61.4 Å². The summed E-state index contributed by atoms with van der Waals surface area (Å²) in [6, 6.07) is 0. The Morgan fingerprint density at radius 3 is 2.41 bits per heavy atom. The van der Waals surface area contributed by atoms with E-state index >= 15 is 0 Å². The lowest BCUT2D eigenvalue weighted by Crippen LogP contribution is -2.32. The van der Waals surface area contributed by atoms with Gasteiger partial charge in [0.2, 0.25) is 11.9 Å². The Hall–Kier alpha value is -1.85. The molecule has 1 amide bonds. The summed E-state index contributed by atoms with van der Waals surface area (Å²) >= 11 is 0. The van der Waals surface area contributed by atoms with Crippen molar-refractivity contribution in [3.05, 3.63) is 6.20 Å². The van der Waals surface area contributed by atoms with Crippen LogP contribution < -0.4 is 15.1 Å². The minimum Gasteiger partial charge on any atom is -0.361 e. The molecule has 0 spiro atoms. The molecule has 122 valence electrons. The van der Waals surface area contributed by atoms with E-state index < -0.39 is 5.41 Å². The van der Waals surface area contributed by atoms with Gasteiger partial charge in [0.05, 0.1) is 6.20 Å². The maximum Gasteiger partial charge on any atom is 0.229 e. The molecule has 0 unspecified atom stereocenters. The van der Waals surface area contributed by atoms with Gasteiger partial charge in [-0.05, 0) is 19.3 Å². The molecular formula is C16H27N5O. The number of hydrogen-bond donors (Lipinski definition) is 1. The van der Waals surface area contributed by atoms with Crippen LogP contribution in [0.4, 0.5) is 17.5 Å². The number of hydrogen-bond acceptors (Lipinski definition) is 5. The molecule has 0 bridgehead atoms. The number of rotatable bonds is 3. The van der Waals surface area contributed by atoms with Gasteiger partial charge in [-0.2, -0.15) is 4.98 Å². The smallest absolute Gasteiger partial charge is 0.229 e. The molecule has 1 aromatic rings. The van der Waals surface area contributed by atoms with Crippen molar-refractivity contribution >= 4 is 23.4 Å². The molecule has 22 heavy (non-hydrogen) atoms. The third-order valence-corrected chi connectivity index (χ3v) is 3.75. The highest BCUT2D eigenvalue weighted by atomic mass is 16.2. The van der Waals surface area contributed by atoms with Crippen LogP contribution in [0.15, 0.2) is 6.20 Å². The summed E-state index contributed by atoms with van der Waals surface area (Å²) in [7, 11) is 3.85. The van der Waals surface area contributed by atoms with Crippen LogP contribution in [0, 0.1) is 5.41 Å². The number of aromatic nitrogens is 2. The predicted octanol–water partition coefficient (Wildman–Crippen LogP) is 2.52. The van der Waals surface area contributed by atoms with E-state index in [0.29, 0.717) is 5.69 Å². The van der Waals surface area contributed by atoms with Gasteiger partial charge in [-0.25, -0.2) is 4.98 Å². The molecule has 6 nitrogen and oxygen atoms in total. The van der Waals surface area contributed by atoms with Gasteiger partial charge in [0.1, 0.15) is 5.69 Å². The molecule has 1 saturated heterocycles. The van der Waals surface area contributed by atoms with E-state index in [1.807, 2.05) is 39.8 Å². The summed E-state index contributed by atoms with van der Waals surface area (Å²) in [4.78, 5) is 25.4. The van der Waals surface area contributed by atoms with Gasteiger partial charge in [-0.3, -0.25) is 4.79 Å². The molecule has 1 aromatic heterocycles. The summed E-state index contributed by atoms with van der Waals surface area (Å²) in [6.07, 6.45) is 5.36. The molecule has 0 saturated carbocycles. The fourth-order valence-corrected chi connectivity index (χ4v) is 2.35. The van der Waals surface area contributed by atoms with Crippen LogP contribution in [-0.2, 0) is 4.79 Å². The van der Waals surface area contributed by atoms with Crippen molar-refractivity contribution in [1.82, 2.24) is 9.97 Å². The first-order chi connectivity index (χ1) is 10.3. The molecule has 1 aliphatic rings. The number of nitrogens with one attached hydrogen (secondary N) is 1. The molecule has 0 aromatic carbocycles. The zero-order valence-electron chi connectivity index (χ0n) is 14.3. The lowest BCUT2D eigenvalue weighted by Gasteiger charge is -2.28. The quantitative estimate of drug-likeness (QED) is 0.930. The first-order valence-corrected chi connectivity index (χ1v) is 7.90. The number of carbonyl (C=O) groups excluding carboxylic acids is 1. The average molecular weight is 305 g/mol. The molecule has 2 heterocycles. The number of amides is 1. The molecular weight excluding hydrogens is 278 g/mol. The predicted molar refractivity (Wildman–Crippen MR) is 90.5 cm³/mol. The molecule has 1 fully saturated rings. The molecule has 0 radical (unpaired) electrons. The van der Waals surface area contributed by atoms with Crippen molar-refractivity contribution in [2.24, 2.45) is 5.41 Å². The van der Waals surface area contributed by atoms with Crippen LogP contribution in [0.2, 0.25) is 0 Å². The van der Waals surface area contributed by atoms with Crippen molar-refractivity contribution in [2.75, 3.05) is 42.3 Å². The summed E-state index contributed by atoms with van der Waals surface area (Å²) in [5, 5.41) is 2.94. The number of piperidine rings is 1. The fourth-order valence-electron chi connectivity index (χ4n) is 2.35. The van der Waals surface area contributed by atoms with Crippen molar-refractivity contribution < 1.29 is 4.79 Å². The maximum absolute atomic E-state index is 12.2. The van der Waals surface area contributed by atoms with Crippen LogP contribution >= 0.6 is 0 Å². The van der Waals surface area contributed by atoms with E-state index in [9.17, 15) is 4.79 Å². The largest absolute Gasteiger partial charge is 0.361 e. The zero-order chi connectivity index (χ0) is 16.3. The Labute approximate surface area is 132 Å². The third kappa shape index (κ3) is 3.87. The molecule has 0 aliphatic carbocycles. The van der Waals surface area contributed by atoms with E-state index in [2.05, 4.69) is 20.2 Å². The van der Waals surface area contributed by atoms with Gasteiger partial charge < -0.3 is 15.1 Å². The molecule has 0 atom stereocenters. The molecule has 1 N–H and O–H groups in total. The fraction of sp³-hybridized carbons (Fsp3) is 0.688. The summed E-state index contributed by atoms with van der Waals surface area (Å²) < 4.78 is 0. The van der Waals surface area contributed by atoms with Crippen LogP contribution in [0.3, 0.4) is 0 Å². The highest BCUT2D eigenvalue weighted by molar-refractivity contribution is 5.96. The first kappa shape index (κ1) is 16.5. The third-order valence-electron chi connectivity index (χ3n) is 3.75. The van der Waals surface area contributed by atoms with Crippen LogP contribution in [0.5, 0.6) is 0 Å². The van der Waals surface area contributed by atoms with Crippen LogP contribution in [0.25, 0.3) is 0 Å². The van der Waals surface area contributed by atoms with Gasteiger partial charge >= 0.3 is 0 Å². The Morgan fingerprint density at radius 2 is 1.86 bits per heavy atom. The minimum atomic E-state index is -0.449. The molecule has 1 aliphatic heterocycles.